The molecule has 0 aromatic heterocycles. The topological polar surface area (TPSA) is 113 Å². The van der Waals surface area contributed by atoms with Gasteiger partial charge in [-0.05, 0) is 80.3 Å². The highest BCUT2D eigenvalue weighted by Gasteiger charge is 2.57. The van der Waals surface area contributed by atoms with E-state index in [1.54, 1.807) is 31.2 Å². The molecule has 4 aliphatic rings. The molecule has 1 heterocycles. The fraction of sp³-hybridized carbons (Fsp3) is 0.222. The molecule has 1 fully saturated rings. The van der Waals surface area contributed by atoms with Crippen LogP contribution in [0, 0.1) is 17.8 Å². The Hall–Kier alpha value is -4.76. The molecule has 3 aromatic rings. The average Bonchev–Trinajstić information content (AvgIpc) is 3.30. The molecular weight excluding hydrogens is 636 g/mol. The average molecular weight is 666 g/mol. The number of fused-ring (bicyclic) bond motifs is 3. The van der Waals surface area contributed by atoms with Crippen molar-refractivity contribution < 1.29 is 29.0 Å². The lowest BCUT2D eigenvalue weighted by Gasteiger charge is -2.42. The largest absolute Gasteiger partial charge is 0.504 e. The number of para-hydroxylation sites is 1. The predicted octanol–water partition coefficient (Wildman–Crippen LogP) is 6.54. The minimum Gasteiger partial charge on any atom is -0.504 e. The molecule has 3 aliphatic carbocycles. The number of phenolic OH excluding ortho intramolecular Hbond substituents is 1. The number of nitrogens with one attached hydrogen (secondary N) is 1. The number of phenols is 1. The van der Waals surface area contributed by atoms with E-state index in [0.29, 0.717) is 38.9 Å². The molecule has 2 N–H and O–H groups in total. The van der Waals surface area contributed by atoms with Gasteiger partial charge in [0.15, 0.2) is 23.1 Å². The number of nitrogens with zero attached hydrogens (tertiary/aromatic N) is 1. The first kappa shape index (κ1) is 29.0. The Morgan fingerprint density at radius 2 is 1.64 bits per heavy atom. The lowest BCUT2D eigenvalue weighted by Crippen LogP contribution is -2.39. The van der Waals surface area contributed by atoms with E-state index >= 15 is 0 Å². The van der Waals surface area contributed by atoms with Gasteiger partial charge in [0.05, 0.1) is 24.6 Å². The maximum Gasteiger partial charge on any atom is 0.238 e. The molecule has 8 nitrogen and oxygen atoms in total. The molecule has 7 rings (SSSR count). The summed E-state index contributed by atoms with van der Waals surface area (Å²) in [5.41, 5.74) is 4.32. The Balaban J connectivity index is 1.28. The van der Waals surface area contributed by atoms with Crippen LogP contribution in [0.2, 0.25) is 0 Å². The number of methoxy groups -OCH3 is 1. The third-order valence-electron chi connectivity index (χ3n) is 9.35. The van der Waals surface area contributed by atoms with Crippen LogP contribution in [0.1, 0.15) is 31.2 Å². The number of anilines is 3. The summed E-state index contributed by atoms with van der Waals surface area (Å²) in [7, 11) is 1.44. The minimum atomic E-state index is -0.786. The third kappa shape index (κ3) is 4.64. The Bertz CT molecular complexity index is 1890. The molecule has 2 amide bonds. The lowest BCUT2D eigenvalue weighted by molar-refractivity contribution is -0.123. The van der Waals surface area contributed by atoms with E-state index in [0.717, 1.165) is 16.9 Å². The number of Topliss-reactive ketones (excluding diaryl/α,β-unsaturated/α-hetero) is 1. The van der Waals surface area contributed by atoms with Gasteiger partial charge in [-0.25, -0.2) is 0 Å². The quantitative estimate of drug-likeness (QED) is 0.181. The smallest absolute Gasteiger partial charge is 0.238 e. The zero-order chi connectivity index (χ0) is 31.6. The number of allylic oxidation sites excluding steroid dienone is 6. The van der Waals surface area contributed by atoms with E-state index in [2.05, 4.69) is 21.2 Å². The molecule has 3 aromatic carbocycles. The Morgan fingerprint density at radius 3 is 2.36 bits per heavy atom. The van der Waals surface area contributed by atoms with E-state index in [4.69, 9.17) is 4.74 Å². The Morgan fingerprint density at radius 1 is 0.933 bits per heavy atom. The number of hydrogen-bond donors (Lipinski definition) is 2. The first-order valence-electron chi connectivity index (χ1n) is 14.7. The molecule has 0 saturated carbocycles. The van der Waals surface area contributed by atoms with Gasteiger partial charge in [-0.1, -0.05) is 45.8 Å². The van der Waals surface area contributed by atoms with Crippen LogP contribution in [0.5, 0.6) is 11.5 Å². The monoisotopic (exact) mass is 664 g/mol. The van der Waals surface area contributed by atoms with Gasteiger partial charge in [0.25, 0.3) is 0 Å². The van der Waals surface area contributed by atoms with Gasteiger partial charge < -0.3 is 15.2 Å². The van der Waals surface area contributed by atoms with Gasteiger partial charge in [0.2, 0.25) is 11.8 Å². The van der Waals surface area contributed by atoms with Crippen molar-refractivity contribution in [2.24, 2.45) is 17.8 Å². The van der Waals surface area contributed by atoms with Gasteiger partial charge in [0.1, 0.15) is 0 Å². The van der Waals surface area contributed by atoms with Crippen molar-refractivity contribution >= 4 is 56.4 Å². The van der Waals surface area contributed by atoms with Crippen molar-refractivity contribution in [3.63, 3.8) is 0 Å². The van der Waals surface area contributed by atoms with Crippen molar-refractivity contribution in [3.05, 3.63) is 111 Å². The zero-order valence-corrected chi connectivity index (χ0v) is 26.1. The van der Waals surface area contributed by atoms with Crippen LogP contribution in [-0.4, -0.2) is 35.6 Å². The number of rotatable bonds is 5. The van der Waals surface area contributed by atoms with Crippen LogP contribution in [0.15, 0.2) is 106 Å². The number of imide groups is 1. The lowest BCUT2D eigenvalue weighted by atomic mass is 9.59. The number of aromatic hydroxyl groups is 1. The number of halogens is 1. The van der Waals surface area contributed by atoms with Crippen molar-refractivity contribution in [3.8, 4) is 11.5 Å². The summed E-state index contributed by atoms with van der Waals surface area (Å²) in [6.07, 6.45) is 3.73. The number of amides is 2. The highest BCUT2D eigenvalue weighted by molar-refractivity contribution is 9.10. The minimum absolute atomic E-state index is 0.145. The first-order valence-corrected chi connectivity index (χ1v) is 15.5. The zero-order valence-electron chi connectivity index (χ0n) is 24.5. The van der Waals surface area contributed by atoms with Crippen LogP contribution in [0.4, 0.5) is 17.1 Å². The normalized spacial score (nSPS) is 24.1. The highest BCUT2D eigenvalue weighted by atomic mass is 79.9. The maximum absolute atomic E-state index is 14.2. The predicted molar refractivity (Wildman–Crippen MR) is 172 cm³/mol. The van der Waals surface area contributed by atoms with E-state index in [1.165, 1.54) is 18.1 Å². The van der Waals surface area contributed by atoms with E-state index < -0.39 is 23.7 Å². The maximum atomic E-state index is 14.2. The summed E-state index contributed by atoms with van der Waals surface area (Å²) < 4.78 is 6.04. The molecule has 4 atom stereocenters. The van der Waals surface area contributed by atoms with E-state index in [9.17, 15) is 24.3 Å². The molecule has 9 heteroatoms. The fourth-order valence-electron chi connectivity index (χ4n) is 7.32. The van der Waals surface area contributed by atoms with Crippen molar-refractivity contribution in [2.45, 2.75) is 25.7 Å². The number of benzene rings is 3. The summed E-state index contributed by atoms with van der Waals surface area (Å²) in [6, 6.07) is 20.2. The molecule has 45 heavy (non-hydrogen) atoms. The van der Waals surface area contributed by atoms with Gasteiger partial charge in [-0.3, -0.25) is 24.1 Å². The molecule has 0 spiro atoms. The molecule has 1 aliphatic heterocycles. The Kier molecular flexibility index (Phi) is 7.08. The molecule has 1 saturated heterocycles. The second kappa shape index (κ2) is 11.0. The number of ether oxygens (including phenoxy) is 1. The van der Waals surface area contributed by atoms with Crippen molar-refractivity contribution in [2.75, 3.05) is 17.3 Å². The second-order valence-corrected chi connectivity index (χ2v) is 12.7. The Labute approximate surface area is 268 Å². The highest BCUT2D eigenvalue weighted by Crippen LogP contribution is 2.57. The van der Waals surface area contributed by atoms with Crippen LogP contribution < -0.4 is 15.0 Å². The van der Waals surface area contributed by atoms with Gasteiger partial charge >= 0.3 is 0 Å². The van der Waals surface area contributed by atoms with Crippen molar-refractivity contribution in [1.29, 1.82) is 0 Å². The van der Waals surface area contributed by atoms with Crippen LogP contribution in [0.3, 0.4) is 0 Å². The van der Waals surface area contributed by atoms with E-state index in [-0.39, 0.29) is 41.3 Å². The second-order valence-electron chi connectivity index (χ2n) is 11.8. The number of ketones is 2. The van der Waals surface area contributed by atoms with Gasteiger partial charge in [0, 0.05) is 44.0 Å². The molecule has 0 unspecified atom stereocenters. The number of carbonyl (C=O) groups excluding carboxylic acids is 4. The van der Waals surface area contributed by atoms with Crippen LogP contribution in [-0.2, 0) is 19.2 Å². The van der Waals surface area contributed by atoms with Crippen LogP contribution >= 0.6 is 15.9 Å². The number of carbonyl (C=O) groups is 4. The third-order valence-corrected chi connectivity index (χ3v) is 9.81. The SMILES string of the molecule is COc1cc(Br)cc([C@H]2C3=CC[C@@H]4C(=O)N(c5ccc(Nc6ccccc6)cc5)C(=O)[C@@H]4[C@@H]3CC3=C2C(=O)C(C)=CC3=O)c1O. The molecule has 226 valence electrons. The van der Waals surface area contributed by atoms with Gasteiger partial charge in [-0.2, -0.15) is 0 Å². The van der Waals surface area contributed by atoms with Gasteiger partial charge in [-0.15, -0.1) is 0 Å². The summed E-state index contributed by atoms with van der Waals surface area (Å²) in [4.78, 5) is 56.4. The number of hydrogen-bond acceptors (Lipinski definition) is 7. The van der Waals surface area contributed by atoms with Crippen LogP contribution in [0.25, 0.3) is 0 Å². The fourth-order valence-corrected chi connectivity index (χ4v) is 7.78. The molecule has 0 bridgehead atoms. The summed E-state index contributed by atoms with van der Waals surface area (Å²) in [6.45, 7) is 1.61. The summed E-state index contributed by atoms with van der Waals surface area (Å²) in [5, 5.41) is 14.6. The first-order chi connectivity index (χ1) is 21.7. The van der Waals surface area contributed by atoms with Crippen molar-refractivity contribution in [1.82, 2.24) is 0 Å². The summed E-state index contributed by atoms with van der Waals surface area (Å²) in [5.74, 6) is -3.72. The standard InChI is InChI=1S/C36H29BrN2O6/c1-18-14-28(40)26-17-25-23(30(32(26)33(18)41)27-15-19(37)16-29(45-2)34(27)42)12-13-24-31(25)36(44)39(35(24)43)22-10-8-21(9-11-22)38-20-6-4-3-5-7-20/h3-12,14-16,24-25,30-31,38,42H,13,17H2,1-2H3/t24-,25+,30+,31-/m0/s1. The summed E-state index contributed by atoms with van der Waals surface area (Å²) >= 11 is 3.49. The molecular formula is C36H29BrN2O6. The molecule has 0 radical (unpaired) electrons. The van der Waals surface area contributed by atoms with E-state index in [1.807, 2.05) is 48.5 Å².